The van der Waals surface area contributed by atoms with E-state index in [1.54, 1.807) is 6.33 Å². The first kappa shape index (κ1) is 17.4. The molecule has 0 saturated heterocycles. The number of nitrogens with zero attached hydrogens (tertiary/aromatic N) is 2. The summed E-state index contributed by atoms with van der Waals surface area (Å²) in [5.41, 5.74) is 7.44. The third-order valence-electron chi connectivity index (χ3n) is 4.62. The number of benzene rings is 2. The van der Waals surface area contributed by atoms with E-state index >= 15 is 0 Å². The maximum Gasteiger partial charge on any atom is 0.137 e. The van der Waals surface area contributed by atoms with Crippen LogP contribution in [-0.2, 0) is 0 Å². The summed E-state index contributed by atoms with van der Waals surface area (Å²) in [4.78, 5) is 8.90. The molecule has 3 heteroatoms. The van der Waals surface area contributed by atoms with Crippen LogP contribution >= 0.6 is 0 Å². The van der Waals surface area contributed by atoms with Gasteiger partial charge in [0, 0.05) is 11.9 Å². The molecular weight excluding hydrogens is 306 g/mol. The Morgan fingerprint density at radius 2 is 1.68 bits per heavy atom. The van der Waals surface area contributed by atoms with Crippen molar-refractivity contribution in [1.29, 1.82) is 0 Å². The zero-order chi connectivity index (χ0) is 18.0. The van der Waals surface area contributed by atoms with Crippen molar-refractivity contribution in [2.75, 3.05) is 11.9 Å². The lowest BCUT2D eigenvalue weighted by atomic mass is 9.93. The van der Waals surface area contributed by atoms with Gasteiger partial charge in [-0.2, -0.15) is 0 Å². The average Bonchev–Trinajstić information content (AvgIpc) is 2.54. The maximum absolute atomic E-state index is 4.48. The molecule has 0 amide bonds. The summed E-state index contributed by atoms with van der Waals surface area (Å²) in [6.07, 6.45) is 2.77. The Balaban J connectivity index is 2.04. The molecule has 0 aliphatic rings. The van der Waals surface area contributed by atoms with Crippen LogP contribution in [0.5, 0.6) is 0 Å². The third kappa shape index (κ3) is 3.81. The van der Waals surface area contributed by atoms with E-state index in [-0.39, 0.29) is 0 Å². The Labute approximate surface area is 150 Å². The fourth-order valence-corrected chi connectivity index (χ4v) is 3.47. The fraction of sp³-hybridized carbons (Fsp3) is 0.364. The van der Waals surface area contributed by atoms with Gasteiger partial charge < -0.3 is 5.32 Å². The highest BCUT2D eigenvalue weighted by atomic mass is 15.0. The lowest BCUT2D eigenvalue weighted by molar-refractivity contribution is 0.607. The number of nitrogens with one attached hydrogen (secondary N) is 1. The van der Waals surface area contributed by atoms with Crippen LogP contribution in [-0.4, -0.2) is 16.5 Å². The molecule has 130 valence electrons. The number of aromatic nitrogens is 2. The van der Waals surface area contributed by atoms with Gasteiger partial charge >= 0.3 is 0 Å². The molecule has 0 unspecified atom stereocenters. The second-order valence-electron chi connectivity index (χ2n) is 7.34. The van der Waals surface area contributed by atoms with Crippen LogP contribution in [0.4, 0.5) is 5.82 Å². The third-order valence-corrected chi connectivity index (χ3v) is 4.62. The van der Waals surface area contributed by atoms with E-state index < -0.39 is 0 Å². The van der Waals surface area contributed by atoms with Crippen molar-refractivity contribution < 1.29 is 0 Å². The van der Waals surface area contributed by atoms with Gasteiger partial charge in [-0.15, -0.1) is 0 Å². The fourth-order valence-electron chi connectivity index (χ4n) is 3.47. The van der Waals surface area contributed by atoms with Gasteiger partial charge in [0.15, 0.2) is 0 Å². The van der Waals surface area contributed by atoms with E-state index in [1.165, 1.54) is 27.8 Å². The van der Waals surface area contributed by atoms with Gasteiger partial charge in [-0.1, -0.05) is 37.6 Å². The molecule has 0 atom stereocenters. The summed E-state index contributed by atoms with van der Waals surface area (Å²) in [7, 11) is 0. The molecule has 3 nitrogen and oxygen atoms in total. The van der Waals surface area contributed by atoms with Gasteiger partial charge in [-0.25, -0.2) is 9.97 Å². The molecular formula is C22H27N3. The normalized spacial score (nSPS) is 11.3. The van der Waals surface area contributed by atoms with Crippen LogP contribution in [0.2, 0.25) is 0 Å². The van der Waals surface area contributed by atoms with E-state index in [2.05, 4.69) is 80.2 Å². The molecule has 25 heavy (non-hydrogen) atoms. The molecule has 3 aromatic rings. The van der Waals surface area contributed by atoms with Crippen molar-refractivity contribution in [2.24, 2.45) is 5.92 Å². The summed E-state index contributed by atoms with van der Waals surface area (Å²) in [6.45, 7) is 11.9. The predicted octanol–water partition coefficient (Wildman–Crippen LogP) is 5.68. The van der Waals surface area contributed by atoms with Crippen LogP contribution in [0, 0.1) is 26.7 Å². The molecule has 0 aliphatic carbocycles. The molecule has 0 bridgehead atoms. The van der Waals surface area contributed by atoms with Gasteiger partial charge in [0.1, 0.15) is 12.1 Å². The second kappa shape index (κ2) is 7.22. The number of anilines is 1. The Morgan fingerprint density at radius 3 is 2.36 bits per heavy atom. The second-order valence-corrected chi connectivity index (χ2v) is 7.34. The minimum atomic E-state index is 0.675. The van der Waals surface area contributed by atoms with Crippen molar-refractivity contribution in [1.82, 2.24) is 9.97 Å². The Bertz CT molecular complexity index is 874. The molecule has 0 spiro atoms. The summed E-state index contributed by atoms with van der Waals surface area (Å²) >= 11 is 0. The number of fused-ring (bicyclic) bond motifs is 1. The molecule has 0 aliphatic heterocycles. The van der Waals surface area contributed by atoms with Crippen molar-refractivity contribution in [3.8, 4) is 11.1 Å². The lowest BCUT2D eigenvalue weighted by Crippen LogP contribution is -2.07. The highest BCUT2D eigenvalue weighted by Gasteiger charge is 2.10. The first-order valence-corrected chi connectivity index (χ1v) is 9.02. The minimum absolute atomic E-state index is 0.675. The Kier molecular flexibility index (Phi) is 5.03. The summed E-state index contributed by atoms with van der Waals surface area (Å²) in [5, 5.41) is 4.57. The van der Waals surface area contributed by atoms with Gasteiger partial charge in [-0.3, -0.25) is 0 Å². The molecule has 3 rings (SSSR count). The maximum atomic E-state index is 4.48. The summed E-state index contributed by atoms with van der Waals surface area (Å²) < 4.78 is 0. The predicted molar refractivity (Wildman–Crippen MR) is 107 cm³/mol. The van der Waals surface area contributed by atoms with Crippen molar-refractivity contribution >= 4 is 16.7 Å². The molecule has 0 fully saturated rings. The SMILES string of the molecule is Cc1cc(C)c(-c2ccc3ncnc(NCCC(C)C)c3c2)c(C)c1. The molecule has 1 N–H and O–H groups in total. The van der Waals surface area contributed by atoms with Gasteiger partial charge in [0.05, 0.1) is 5.52 Å². The van der Waals surface area contributed by atoms with Crippen LogP contribution in [0.25, 0.3) is 22.0 Å². The first-order chi connectivity index (χ1) is 12.0. The Morgan fingerprint density at radius 1 is 0.960 bits per heavy atom. The molecule has 1 aromatic heterocycles. The largest absolute Gasteiger partial charge is 0.369 e. The topological polar surface area (TPSA) is 37.8 Å². The van der Waals surface area contributed by atoms with E-state index in [1.807, 2.05) is 0 Å². The average molecular weight is 333 g/mol. The zero-order valence-electron chi connectivity index (χ0n) is 15.9. The molecule has 2 aromatic carbocycles. The minimum Gasteiger partial charge on any atom is -0.369 e. The van der Waals surface area contributed by atoms with Crippen molar-refractivity contribution in [3.05, 3.63) is 53.3 Å². The van der Waals surface area contributed by atoms with E-state index in [0.29, 0.717) is 5.92 Å². The molecule has 0 saturated carbocycles. The monoisotopic (exact) mass is 333 g/mol. The van der Waals surface area contributed by atoms with Crippen molar-refractivity contribution in [2.45, 2.75) is 41.0 Å². The van der Waals surface area contributed by atoms with Gasteiger partial charge in [-0.05, 0) is 67.5 Å². The number of rotatable bonds is 5. The quantitative estimate of drug-likeness (QED) is 0.652. The summed E-state index contributed by atoms with van der Waals surface area (Å²) in [5.74, 6) is 1.60. The number of hydrogen-bond donors (Lipinski definition) is 1. The highest BCUT2D eigenvalue weighted by Crippen LogP contribution is 2.32. The van der Waals surface area contributed by atoms with Crippen LogP contribution in [0.3, 0.4) is 0 Å². The van der Waals surface area contributed by atoms with Crippen LogP contribution in [0.15, 0.2) is 36.7 Å². The number of aryl methyl sites for hydroxylation is 3. The van der Waals surface area contributed by atoms with Gasteiger partial charge in [0.2, 0.25) is 0 Å². The standard InChI is InChI=1S/C22H27N3/c1-14(2)8-9-23-22-19-12-18(6-7-20(19)24-13-25-22)21-16(4)10-15(3)11-17(21)5/h6-7,10-14H,8-9H2,1-5H3,(H,23,24,25). The number of hydrogen-bond acceptors (Lipinski definition) is 3. The van der Waals surface area contributed by atoms with Crippen LogP contribution < -0.4 is 5.32 Å². The van der Waals surface area contributed by atoms with E-state index in [9.17, 15) is 0 Å². The molecule has 1 heterocycles. The van der Waals surface area contributed by atoms with E-state index in [0.717, 1.165) is 29.7 Å². The molecule has 0 radical (unpaired) electrons. The van der Waals surface area contributed by atoms with Gasteiger partial charge in [0.25, 0.3) is 0 Å². The van der Waals surface area contributed by atoms with E-state index in [4.69, 9.17) is 0 Å². The summed E-state index contributed by atoms with van der Waals surface area (Å²) in [6, 6.07) is 11.0. The van der Waals surface area contributed by atoms with Crippen LogP contribution in [0.1, 0.15) is 37.0 Å². The smallest absolute Gasteiger partial charge is 0.137 e. The lowest BCUT2D eigenvalue weighted by Gasteiger charge is -2.14. The van der Waals surface area contributed by atoms with Crippen molar-refractivity contribution in [3.63, 3.8) is 0 Å². The highest BCUT2D eigenvalue weighted by molar-refractivity contribution is 5.93. The Hall–Kier alpha value is -2.42. The zero-order valence-corrected chi connectivity index (χ0v) is 15.9. The first-order valence-electron chi connectivity index (χ1n) is 9.02.